The molecule has 0 aliphatic carbocycles. The SMILES string of the molecule is Cc1cc(C(=O)NC[C@@H]2CCCCO2)cc(=O)[nH]1. The zero-order chi connectivity index (χ0) is 13.0. The summed E-state index contributed by atoms with van der Waals surface area (Å²) in [6.45, 7) is 3.03. The van der Waals surface area contributed by atoms with Gasteiger partial charge in [0.2, 0.25) is 5.56 Å². The normalized spacial score (nSPS) is 19.5. The van der Waals surface area contributed by atoms with Gasteiger partial charge in [0.15, 0.2) is 0 Å². The van der Waals surface area contributed by atoms with Crippen molar-refractivity contribution in [1.29, 1.82) is 0 Å². The molecule has 1 fully saturated rings. The van der Waals surface area contributed by atoms with Crippen LogP contribution in [0.2, 0.25) is 0 Å². The van der Waals surface area contributed by atoms with Crippen LogP contribution in [-0.4, -0.2) is 30.1 Å². The van der Waals surface area contributed by atoms with Gasteiger partial charge in [0.1, 0.15) is 0 Å². The lowest BCUT2D eigenvalue weighted by molar-refractivity contribution is 0.0169. The number of amides is 1. The molecule has 1 aromatic rings. The van der Waals surface area contributed by atoms with E-state index >= 15 is 0 Å². The number of carbonyl (C=O) groups excluding carboxylic acids is 1. The first kappa shape index (κ1) is 12.8. The van der Waals surface area contributed by atoms with Gasteiger partial charge in [-0.15, -0.1) is 0 Å². The molecular formula is C13H18N2O3. The van der Waals surface area contributed by atoms with Crippen molar-refractivity contribution >= 4 is 5.91 Å². The van der Waals surface area contributed by atoms with Crippen molar-refractivity contribution in [3.05, 3.63) is 33.7 Å². The second-order valence-corrected chi connectivity index (χ2v) is 4.61. The Bertz CT molecular complexity index is 475. The van der Waals surface area contributed by atoms with Gasteiger partial charge in [-0.25, -0.2) is 0 Å². The lowest BCUT2D eigenvalue weighted by atomic mass is 10.1. The second kappa shape index (κ2) is 5.82. The molecule has 0 aromatic carbocycles. The van der Waals surface area contributed by atoms with Gasteiger partial charge in [0.25, 0.3) is 5.91 Å². The molecule has 2 heterocycles. The van der Waals surface area contributed by atoms with E-state index in [1.165, 1.54) is 6.07 Å². The van der Waals surface area contributed by atoms with Crippen LogP contribution in [0.1, 0.15) is 35.3 Å². The summed E-state index contributed by atoms with van der Waals surface area (Å²) >= 11 is 0. The van der Waals surface area contributed by atoms with E-state index in [0.717, 1.165) is 25.9 Å². The molecule has 1 aliphatic rings. The fourth-order valence-electron chi connectivity index (χ4n) is 2.09. The van der Waals surface area contributed by atoms with Crippen LogP contribution >= 0.6 is 0 Å². The number of aryl methyl sites for hydroxylation is 1. The number of pyridine rings is 1. The first-order valence-electron chi connectivity index (χ1n) is 6.26. The van der Waals surface area contributed by atoms with Crippen LogP contribution in [0.25, 0.3) is 0 Å². The average Bonchev–Trinajstić information content (AvgIpc) is 2.36. The van der Waals surface area contributed by atoms with Crippen molar-refractivity contribution in [3.8, 4) is 0 Å². The molecule has 5 heteroatoms. The van der Waals surface area contributed by atoms with E-state index < -0.39 is 0 Å². The Morgan fingerprint density at radius 3 is 3.00 bits per heavy atom. The number of rotatable bonds is 3. The highest BCUT2D eigenvalue weighted by Gasteiger charge is 2.15. The molecule has 5 nitrogen and oxygen atoms in total. The molecule has 18 heavy (non-hydrogen) atoms. The summed E-state index contributed by atoms with van der Waals surface area (Å²) in [5.74, 6) is -0.224. The van der Waals surface area contributed by atoms with E-state index in [9.17, 15) is 9.59 Å². The van der Waals surface area contributed by atoms with Gasteiger partial charge in [-0.1, -0.05) is 0 Å². The molecule has 1 amide bonds. The molecule has 1 aromatic heterocycles. The number of aromatic nitrogens is 1. The maximum absolute atomic E-state index is 11.9. The molecule has 2 rings (SSSR count). The molecule has 0 radical (unpaired) electrons. The third-order valence-corrected chi connectivity index (χ3v) is 3.01. The summed E-state index contributed by atoms with van der Waals surface area (Å²) < 4.78 is 5.53. The minimum atomic E-state index is -0.255. The highest BCUT2D eigenvalue weighted by atomic mass is 16.5. The maximum Gasteiger partial charge on any atom is 0.251 e. The minimum absolute atomic E-state index is 0.103. The summed E-state index contributed by atoms with van der Waals surface area (Å²) in [5, 5.41) is 2.81. The molecule has 2 N–H and O–H groups in total. The Kier molecular flexibility index (Phi) is 4.15. The van der Waals surface area contributed by atoms with Crippen LogP contribution in [0.5, 0.6) is 0 Å². The fourth-order valence-corrected chi connectivity index (χ4v) is 2.09. The molecule has 0 saturated carbocycles. The third kappa shape index (κ3) is 3.43. The highest BCUT2D eigenvalue weighted by molar-refractivity contribution is 5.94. The first-order chi connectivity index (χ1) is 8.65. The second-order valence-electron chi connectivity index (χ2n) is 4.61. The van der Waals surface area contributed by atoms with Crippen LogP contribution in [-0.2, 0) is 4.74 Å². The van der Waals surface area contributed by atoms with Crippen molar-refractivity contribution in [2.24, 2.45) is 0 Å². The zero-order valence-corrected chi connectivity index (χ0v) is 10.5. The van der Waals surface area contributed by atoms with Crippen LogP contribution in [0.3, 0.4) is 0 Å². The van der Waals surface area contributed by atoms with Gasteiger partial charge in [-0.3, -0.25) is 9.59 Å². The number of aromatic amines is 1. The largest absolute Gasteiger partial charge is 0.376 e. The van der Waals surface area contributed by atoms with E-state index in [2.05, 4.69) is 10.3 Å². The number of hydrogen-bond donors (Lipinski definition) is 2. The Balaban J connectivity index is 1.92. The number of ether oxygens (including phenoxy) is 1. The maximum atomic E-state index is 11.9. The van der Waals surface area contributed by atoms with E-state index in [4.69, 9.17) is 4.74 Å². The van der Waals surface area contributed by atoms with E-state index in [1.54, 1.807) is 13.0 Å². The summed E-state index contributed by atoms with van der Waals surface area (Å²) in [6, 6.07) is 2.97. The lowest BCUT2D eigenvalue weighted by Crippen LogP contribution is -2.35. The molecule has 98 valence electrons. The highest BCUT2D eigenvalue weighted by Crippen LogP contribution is 2.11. The van der Waals surface area contributed by atoms with Gasteiger partial charge >= 0.3 is 0 Å². The lowest BCUT2D eigenvalue weighted by Gasteiger charge is -2.22. The third-order valence-electron chi connectivity index (χ3n) is 3.01. The number of nitrogens with one attached hydrogen (secondary N) is 2. The van der Waals surface area contributed by atoms with Gasteiger partial charge in [-0.05, 0) is 32.3 Å². The van der Waals surface area contributed by atoms with Crippen LogP contribution in [0.4, 0.5) is 0 Å². The fraction of sp³-hybridized carbons (Fsp3) is 0.538. The number of hydrogen-bond acceptors (Lipinski definition) is 3. The van der Waals surface area contributed by atoms with Crippen molar-refractivity contribution in [3.63, 3.8) is 0 Å². The summed E-state index contributed by atoms with van der Waals surface area (Å²) in [6.07, 6.45) is 3.32. The van der Waals surface area contributed by atoms with Gasteiger partial charge in [0.05, 0.1) is 6.10 Å². The van der Waals surface area contributed by atoms with Crippen molar-refractivity contribution in [2.75, 3.05) is 13.2 Å². The molecule has 0 spiro atoms. The molecule has 0 bridgehead atoms. The van der Waals surface area contributed by atoms with Crippen LogP contribution in [0, 0.1) is 6.92 Å². The predicted molar refractivity (Wildman–Crippen MR) is 67.7 cm³/mol. The standard InChI is InChI=1S/C13H18N2O3/c1-9-6-10(7-12(16)15-9)13(17)14-8-11-4-2-3-5-18-11/h6-7,11H,2-5,8H2,1H3,(H,14,17)(H,15,16)/t11-/m0/s1. The number of H-pyrrole nitrogens is 1. The molecular weight excluding hydrogens is 232 g/mol. The smallest absolute Gasteiger partial charge is 0.251 e. The Hall–Kier alpha value is -1.62. The van der Waals surface area contributed by atoms with Crippen molar-refractivity contribution in [2.45, 2.75) is 32.3 Å². The Morgan fingerprint density at radius 1 is 1.50 bits per heavy atom. The predicted octanol–water partition coefficient (Wildman–Crippen LogP) is 0.982. The van der Waals surface area contributed by atoms with E-state index in [0.29, 0.717) is 17.8 Å². The van der Waals surface area contributed by atoms with E-state index in [1.807, 2.05) is 0 Å². The Labute approximate surface area is 106 Å². The quantitative estimate of drug-likeness (QED) is 0.840. The molecule has 0 unspecified atom stereocenters. The number of carbonyl (C=O) groups is 1. The van der Waals surface area contributed by atoms with Gasteiger partial charge in [0, 0.05) is 30.5 Å². The first-order valence-corrected chi connectivity index (χ1v) is 6.26. The van der Waals surface area contributed by atoms with Gasteiger partial charge < -0.3 is 15.0 Å². The summed E-state index contributed by atoms with van der Waals surface area (Å²) in [5.41, 5.74) is 0.822. The van der Waals surface area contributed by atoms with E-state index in [-0.39, 0.29) is 17.6 Å². The van der Waals surface area contributed by atoms with Crippen molar-refractivity contribution < 1.29 is 9.53 Å². The molecule has 1 aliphatic heterocycles. The summed E-state index contributed by atoms with van der Waals surface area (Å²) in [4.78, 5) is 25.7. The molecule has 1 atom stereocenters. The topological polar surface area (TPSA) is 71.2 Å². The zero-order valence-electron chi connectivity index (χ0n) is 10.5. The molecule has 1 saturated heterocycles. The average molecular weight is 250 g/mol. The van der Waals surface area contributed by atoms with Crippen LogP contribution in [0.15, 0.2) is 16.9 Å². The minimum Gasteiger partial charge on any atom is -0.376 e. The van der Waals surface area contributed by atoms with Gasteiger partial charge in [-0.2, -0.15) is 0 Å². The Morgan fingerprint density at radius 2 is 2.33 bits per heavy atom. The van der Waals surface area contributed by atoms with Crippen molar-refractivity contribution in [1.82, 2.24) is 10.3 Å². The van der Waals surface area contributed by atoms with Crippen LogP contribution < -0.4 is 10.9 Å². The summed E-state index contributed by atoms with van der Waals surface area (Å²) in [7, 11) is 0. The monoisotopic (exact) mass is 250 g/mol.